The number of hydrogen-bond acceptors (Lipinski definition) is 5. The Hall–Kier alpha value is -4.45. The number of ether oxygens (including phenoxy) is 4. The highest BCUT2D eigenvalue weighted by molar-refractivity contribution is 6.13. The Morgan fingerprint density at radius 1 is 0.821 bits per heavy atom. The lowest BCUT2D eigenvalue weighted by Crippen LogP contribution is -2.43. The van der Waals surface area contributed by atoms with E-state index >= 15 is 0 Å². The summed E-state index contributed by atoms with van der Waals surface area (Å²) in [6, 6.07) is 27.8. The van der Waals surface area contributed by atoms with E-state index in [0.717, 1.165) is 58.7 Å². The van der Waals surface area contributed by atoms with Gasteiger partial charge in [0.2, 0.25) is 12.7 Å². The minimum absolute atomic E-state index is 0.0581. The predicted molar refractivity (Wildman–Crippen MR) is 149 cm³/mol. The molecule has 6 nitrogen and oxygen atoms in total. The molecule has 7 rings (SSSR count). The standard InChI is InChI=1S/C33H29NO5/c1-2-3-7-17-34-27-12-8-11-25(22-13-15-24(16-14-22)39-23-9-5-4-6-10-23)31(27)33(32(34)35)20-36-28-19-30-29(18-26(28)33)37-21-38-30/h4-6,8-16,18-19H,2-3,7,17,20-21H2,1H3. The van der Waals surface area contributed by atoms with E-state index in [-0.39, 0.29) is 19.3 Å². The second kappa shape index (κ2) is 9.38. The number of fused-ring (bicyclic) bond motifs is 5. The van der Waals surface area contributed by atoms with Crippen molar-refractivity contribution < 1.29 is 23.7 Å². The van der Waals surface area contributed by atoms with Crippen molar-refractivity contribution in [3.8, 4) is 39.9 Å². The van der Waals surface area contributed by atoms with Crippen LogP contribution in [0, 0.1) is 0 Å². The number of rotatable bonds is 7. The van der Waals surface area contributed by atoms with Gasteiger partial charge >= 0.3 is 0 Å². The van der Waals surface area contributed by atoms with Crippen molar-refractivity contribution in [1.29, 1.82) is 0 Å². The molecule has 0 aliphatic carbocycles. The van der Waals surface area contributed by atoms with E-state index in [0.29, 0.717) is 23.8 Å². The molecule has 0 aromatic heterocycles. The number of carbonyl (C=O) groups excluding carboxylic acids is 1. The third kappa shape index (κ3) is 3.74. The van der Waals surface area contributed by atoms with Gasteiger partial charge in [0.05, 0.1) is 0 Å². The largest absolute Gasteiger partial charge is 0.491 e. The zero-order valence-corrected chi connectivity index (χ0v) is 21.8. The molecular formula is C33H29NO5. The fourth-order valence-electron chi connectivity index (χ4n) is 5.99. The molecule has 3 heterocycles. The lowest BCUT2D eigenvalue weighted by molar-refractivity contribution is -0.122. The van der Waals surface area contributed by atoms with Crippen molar-refractivity contribution in [2.75, 3.05) is 24.8 Å². The summed E-state index contributed by atoms with van der Waals surface area (Å²) in [5, 5.41) is 0. The molecule has 0 saturated carbocycles. The molecule has 39 heavy (non-hydrogen) atoms. The first-order valence-corrected chi connectivity index (χ1v) is 13.5. The fourth-order valence-corrected chi connectivity index (χ4v) is 5.99. The molecule has 196 valence electrons. The van der Waals surface area contributed by atoms with Crippen molar-refractivity contribution in [2.45, 2.75) is 31.6 Å². The van der Waals surface area contributed by atoms with E-state index in [4.69, 9.17) is 18.9 Å². The topological polar surface area (TPSA) is 57.2 Å². The minimum Gasteiger partial charge on any atom is -0.491 e. The Labute approximate surface area is 227 Å². The van der Waals surface area contributed by atoms with Gasteiger partial charge in [0.1, 0.15) is 29.3 Å². The van der Waals surface area contributed by atoms with Gasteiger partial charge in [-0.25, -0.2) is 0 Å². The highest BCUT2D eigenvalue weighted by atomic mass is 16.7. The fraction of sp³-hybridized carbons (Fsp3) is 0.242. The summed E-state index contributed by atoms with van der Waals surface area (Å²) in [7, 11) is 0. The Morgan fingerprint density at radius 3 is 2.38 bits per heavy atom. The molecule has 3 aliphatic heterocycles. The second-order valence-corrected chi connectivity index (χ2v) is 10.2. The monoisotopic (exact) mass is 519 g/mol. The Morgan fingerprint density at radius 2 is 1.59 bits per heavy atom. The van der Waals surface area contributed by atoms with E-state index in [1.165, 1.54) is 0 Å². The Balaban J connectivity index is 1.34. The number of amides is 1. The van der Waals surface area contributed by atoms with Gasteiger partial charge in [0.15, 0.2) is 11.5 Å². The van der Waals surface area contributed by atoms with Crippen LogP contribution in [0.15, 0.2) is 84.9 Å². The number of benzene rings is 4. The Bertz CT molecular complexity index is 1550. The lowest BCUT2D eigenvalue weighted by atomic mass is 9.74. The van der Waals surface area contributed by atoms with Crippen LogP contribution in [-0.4, -0.2) is 25.9 Å². The van der Waals surface area contributed by atoms with Gasteiger partial charge in [-0.05, 0) is 53.9 Å². The first kappa shape index (κ1) is 23.7. The molecule has 4 aromatic carbocycles. The van der Waals surface area contributed by atoms with Crippen LogP contribution < -0.4 is 23.8 Å². The van der Waals surface area contributed by atoms with Crippen LogP contribution in [0.3, 0.4) is 0 Å². The van der Waals surface area contributed by atoms with Crippen molar-refractivity contribution in [1.82, 2.24) is 0 Å². The van der Waals surface area contributed by atoms with E-state index < -0.39 is 5.41 Å². The normalized spacial score (nSPS) is 18.3. The van der Waals surface area contributed by atoms with Crippen LogP contribution in [0.4, 0.5) is 5.69 Å². The minimum atomic E-state index is -0.951. The molecule has 1 amide bonds. The van der Waals surface area contributed by atoms with E-state index in [2.05, 4.69) is 31.2 Å². The average Bonchev–Trinajstić information content (AvgIpc) is 3.65. The number of para-hydroxylation sites is 1. The molecule has 1 unspecified atom stereocenters. The summed E-state index contributed by atoms with van der Waals surface area (Å²) in [5.74, 6) is 3.58. The Kier molecular flexibility index (Phi) is 5.69. The SMILES string of the molecule is CCCCCN1C(=O)C2(COc3cc4c(cc32)OCO4)c2c(-c3ccc(Oc4ccccc4)cc3)cccc21. The highest BCUT2D eigenvalue weighted by Crippen LogP contribution is 2.57. The first-order chi connectivity index (χ1) is 19.2. The third-order valence-electron chi connectivity index (χ3n) is 7.88. The molecule has 0 saturated heterocycles. The lowest BCUT2D eigenvalue weighted by Gasteiger charge is -2.24. The van der Waals surface area contributed by atoms with Gasteiger partial charge in [-0.15, -0.1) is 0 Å². The maximum atomic E-state index is 14.4. The molecule has 6 heteroatoms. The first-order valence-electron chi connectivity index (χ1n) is 13.5. The summed E-state index contributed by atoms with van der Waals surface area (Å²) in [4.78, 5) is 16.4. The van der Waals surface area contributed by atoms with Gasteiger partial charge < -0.3 is 23.8 Å². The maximum absolute atomic E-state index is 14.4. The molecule has 1 spiro atoms. The number of carbonyl (C=O) groups is 1. The number of hydrogen-bond donors (Lipinski definition) is 0. The van der Waals surface area contributed by atoms with Crippen LogP contribution in [0.1, 0.15) is 37.3 Å². The number of nitrogens with zero attached hydrogens (tertiary/aromatic N) is 1. The zero-order valence-electron chi connectivity index (χ0n) is 21.8. The maximum Gasteiger partial charge on any atom is 0.245 e. The van der Waals surface area contributed by atoms with E-state index in [1.807, 2.05) is 65.6 Å². The van der Waals surface area contributed by atoms with Crippen LogP contribution >= 0.6 is 0 Å². The number of anilines is 1. The van der Waals surface area contributed by atoms with Crippen LogP contribution in [0.2, 0.25) is 0 Å². The summed E-state index contributed by atoms with van der Waals surface area (Å²) < 4.78 is 23.6. The summed E-state index contributed by atoms with van der Waals surface area (Å²) in [6.45, 7) is 3.26. The van der Waals surface area contributed by atoms with Crippen LogP contribution in [0.5, 0.6) is 28.7 Å². The van der Waals surface area contributed by atoms with Gasteiger partial charge in [0, 0.05) is 29.4 Å². The predicted octanol–water partition coefficient (Wildman–Crippen LogP) is 7.09. The van der Waals surface area contributed by atoms with E-state index in [1.54, 1.807) is 0 Å². The molecular weight excluding hydrogens is 490 g/mol. The molecule has 1 atom stereocenters. The smallest absolute Gasteiger partial charge is 0.245 e. The van der Waals surface area contributed by atoms with Crippen LogP contribution in [-0.2, 0) is 10.2 Å². The van der Waals surface area contributed by atoms with Gasteiger partial charge in [-0.3, -0.25) is 4.79 Å². The number of unbranched alkanes of at least 4 members (excludes halogenated alkanes) is 2. The van der Waals surface area contributed by atoms with Gasteiger partial charge in [-0.1, -0.05) is 62.2 Å². The summed E-state index contributed by atoms with van der Waals surface area (Å²) in [5.41, 5.74) is 3.86. The van der Waals surface area contributed by atoms with Crippen molar-refractivity contribution in [2.24, 2.45) is 0 Å². The molecule has 0 radical (unpaired) electrons. The molecule has 0 fully saturated rings. The molecule has 0 N–H and O–H groups in total. The highest BCUT2D eigenvalue weighted by Gasteiger charge is 2.58. The quantitative estimate of drug-likeness (QED) is 0.244. The summed E-state index contributed by atoms with van der Waals surface area (Å²) in [6.07, 6.45) is 3.11. The zero-order chi connectivity index (χ0) is 26.4. The molecule has 4 aromatic rings. The van der Waals surface area contributed by atoms with Crippen molar-refractivity contribution in [3.05, 3.63) is 96.1 Å². The van der Waals surface area contributed by atoms with Crippen LogP contribution in [0.25, 0.3) is 11.1 Å². The van der Waals surface area contributed by atoms with Crippen molar-refractivity contribution >= 4 is 11.6 Å². The van der Waals surface area contributed by atoms with Gasteiger partial charge in [-0.2, -0.15) is 0 Å². The molecule has 3 aliphatic rings. The summed E-state index contributed by atoms with van der Waals surface area (Å²) >= 11 is 0. The molecule has 0 bridgehead atoms. The second-order valence-electron chi connectivity index (χ2n) is 10.2. The third-order valence-corrected chi connectivity index (χ3v) is 7.88. The van der Waals surface area contributed by atoms with Gasteiger partial charge in [0.25, 0.3) is 0 Å². The van der Waals surface area contributed by atoms with Crippen molar-refractivity contribution in [3.63, 3.8) is 0 Å². The average molecular weight is 520 g/mol. The van der Waals surface area contributed by atoms with E-state index in [9.17, 15) is 4.79 Å².